The van der Waals surface area contributed by atoms with Gasteiger partial charge in [0, 0.05) is 5.92 Å². The summed E-state index contributed by atoms with van der Waals surface area (Å²) in [4.78, 5) is 0. The van der Waals surface area contributed by atoms with Crippen LogP contribution in [0.1, 0.15) is 106 Å². The maximum atomic E-state index is 11.8. The van der Waals surface area contributed by atoms with E-state index >= 15 is 0 Å². The molecule has 2 heteroatoms. The van der Waals surface area contributed by atoms with Gasteiger partial charge >= 0.3 is 0 Å². The molecule has 0 bridgehead atoms. The maximum absolute atomic E-state index is 11.8. The fourth-order valence-corrected chi connectivity index (χ4v) is 10.5. The summed E-state index contributed by atoms with van der Waals surface area (Å²) in [5.74, 6) is 2.91. The molecule has 2 nitrogen and oxygen atoms in total. The topological polar surface area (TPSA) is 40.5 Å². The molecule has 5 aliphatic carbocycles. The molecule has 0 heterocycles. The minimum Gasteiger partial charge on any atom is -0.393 e. The Kier molecular flexibility index (Phi) is 4.80. The molecule has 10 atom stereocenters. The second-order valence-electron chi connectivity index (χ2n) is 14.1. The molecular weight excluding hydrogens is 380 g/mol. The van der Waals surface area contributed by atoms with Gasteiger partial charge < -0.3 is 10.2 Å². The summed E-state index contributed by atoms with van der Waals surface area (Å²) in [5, 5.41) is 22.6. The molecule has 176 valence electrons. The van der Waals surface area contributed by atoms with Gasteiger partial charge in [0.1, 0.15) is 0 Å². The normalized spacial score (nSPS) is 58.3. The van der Waals surface area contributed by atoms with Crippen molar-refractivity contribution in [3.63, 3.8) is 0 Å². The van der Waals surface area contributed by atoms with Crippen LogP contribution in [0.4, 0.5) is 0 Å². The smallest absolute Gasteiger partial charge is 0.0716 e. The minimum atomic E-state index is -0.474. The van der Waals surface area contributed by atoms with Crippen molar-refractivity contribution in [3.8, 4) is 0 Å². The number of aliphatic hydroxyl groups is 2. The fourth-order valence-electron chi connectivity index (χ4n) is 10.5. The van der Waals surface area contributed by atoms with Crippen LogP contribution in [0.25, 0.3) is 0 Å². The van der Waals surface area contributed by atoms with Crippen molar-refractivity contribution in [1.82, 2.24) is 0 Å². The summed E-state index contributed by atoms with van der Waals surface area (Å²) in [6.07, 6.45) is 12.6. The van der Waals surface area contributed by atoms with E-state index in [9.17, 15) is 10.2 Å². The first kappa shape index (κ1) is 22.5. The van der Waals surface area contributed by atoms with Crippen LogP contribution in [0, 0.1) is 51.2 Å². The van der Waals surface area contributed by atoms with E-state index in [4.69, 9.17) is 0 Å². The van der Waals surface area contributed by atoms with Gasteiger partial charge in [0.15, 0.2) is 0 Å². The molecule has 0 spiro atoms. The van der Waals surface area contributed by atoms with Crippen LogP contribution in [0.3, 0.4) is 0 Å². The van der Waals surface area contributed by atoms with Gasteiger partial charge in [-0.05, 0) is 103 Å². The molecule has 5 aliphatic rings. The van der Waals surface area contributed by atoms with Crippen molar-refractivity contribution in [2.75, 3.05) is 0 Å². The standard InChI is InChI=1S/C29H48O2/c1-18-10-15-29(31)17-16-27(6)20(24(29)19(18)2)8-9-22-26(5)13-12-23(30)25(3,4)21(26)11-14-28(22,27)7/h8,18-19,21-24,30-31H,9-17H2,1-7H3/t18-,19+,21+,22-,23+,24-,26+,27-,28-,29+/m1/s1. The van der Waals surface area contributed by atoms with E-state index in [1.165, 1.54) is 32.1 Å². The molecule has 31 heavy (non-hydrogen) atoms. The zero-order chi connectivity index (χ0) is 22.6. The molecule has 0 saturated heterocycles. The zero-order valence-corrected chi connectivity index (χ0v) is 21.3. The third kappa shape index (κ3) is 2.64. The highest BCUT2D eigenvalue weighted by molar-refractivity contribution is 5.34. The average Bonchev–Trinajstić information content (AvgIpc) is 2.69. The van der Waals surface area contributed by atoms with Crippen LogP contribution >= 0.6 is 0 Å². The van der Waals surface area contributed by atoms with Gasteiger partial charge in [-0.2, -0.15) is 0 Å². The lowest BCUT2D eigenvalue weighted by Crippen LogP contribution is -2.65. The molecule has 5 rings (SSSR count). The Balaban J connectivity index is 1.59. The van der Waals surface area contributed by atoms with Gasteiger partial charge in [-0.1, -0.05) is 60.1 Å². The lowest BCUT2D eigenvalue weighted by molar-refractivity contribution is -0.209. The monoisotopic (exact) mass is 428 g/mol. The van der Waals surface area contributed by atoms with E-state index in [1.807, 2.05) is 0 Å². The molecule has 0 radical (unpaired) electrons. The summed E-state index contributed by atoms with van der Waals surface area (Å²) in [6, 6.07) is 0. The first-order valence-electron chi connectivity index (χ1n) is 13.4. The minimum absolute atomic E-state index is 0.0133. The maximum Gasteiger partial charge on any atom is 0.0716 e. The number of aliphatic hydroxyl groups excluding tert-OH is 1. The molecule has 0 amide bonds. The summed E-state index contributed by atoms with van der Waals surface area (Å²) >= 11 is 0. The summed E-state index contributed by atoms with van der Waals surface area (Å²) in [6.45, 7) is 17.3. The van der Waals surface area contributed by atoms with E-state index < -0.39 is 5.60 Å². The van der Waals surface area contributed by atoms with E-state index in [-0.39, 0.29) is 16.9 Å². The van der Waals surface area contributed by atoms with Crippen molar-refractivity contribution in [3.05, 3.63) is 11.6 Å². The second-order valence-corrected chi connectivity index (χ2v) is 14.1. The highest BCUT2D eigenvalue weighted by Gasteiger charge is 2.68. The molecule has 4 saturated carbocycles. The van der Waals surface area contributed by atoms with Crippen molar-refractivity contribution in [1.29, 1.82) is 0 Å². The van der Waals surface area contributed by atoms with E-state index in [1.54, 1.807) is 5.57 Å². The molecule has 4 fully saturated rings. The molecule has 0 aromatic rings. The van der Waals surface area contributed by atoms with Crippen LogP contribution < -0.4 is 0 Å². The molecule has 2 N–H and O–H groups in total. The van der Waals surface area contributed by atoms with E-state index in [0.717, 1.165) is 25.7 Å². The predicted octanol–water partition coefficient (Wildman–Crippen LogP) is 6.75. The second kappa shape index (κ2) is 6.62. The van der Waals surface area contributed by atoms with Gasteiger partial charge in [0.05, 0.1) is 11.7 Å². The Labute approximate surface area is 191 Å². The zero-order valence-electron chi connectivity index (χ0n) is 21.3. The van der Waals surface area contributed by atoms with Crippen LogP contribution in [0.5, 0.6) is 0 Å². The predicted molar refractivity (Wildman–Crippen MR) is 127 cm³/mol. The molecular formula is C29H48O2. The summed E-state index contributed by atoms with van der Waals surface area (Å²) in [7, 11) is 0. The van der Waals surface area contributed by atoms with E-state index in [0.29, 0.717) is 40.4 Å². The third-order valence-corrected chi connectivity index (χ3v) is 12.9. The van der Waals surface area contributed by atoms with Crippen LogP contribution in [-0.4, -0.2) is 21.9 Å². The fraction of sp³-hybridized carbons (Fsp3) is 0.931. The van der Waals surface area contributed by atoms with Gasteiger partial charge in [-0.25, -0.2) is 0 Å². The Hall–Kier alpha value is -0.340. The van der Waals surface area contributed by atoms with Gasteiger partial charge in [0.25, 0.3) is 0 Å². The number of allylic oxidation sites excluding steroid dienone is 1. The van der Waals surface area contributed by atoms with Crippen LogP contribution in [-0.2, 0) is 0 Å². The van der Waals surface area contributed by atoms with Gasteiger partial charge in [-0.3, -0.25) is 0 Å². The summed E-state index contributed by atoms with van der Waals surface area (Å²) < 4.78 is 0. The number of fused-ring (bicyclic) bond motifs is 7. The highest BCUT2D eigenvalue weighted by atomic mass is 16.3. The third-order valence-electron chi connectivity index (χ3n) is 12.9. The number of hydrogen-bond acceptors (Lipinski definition) is 2. The van der Waals surface area contributed by atoms with Crippen molar-refractivity contribution >= 4 is 0 Å². The Morgan fingerprint density at radius 3 is 2.26 bits per heavy atom. The summed E-state index contributed by atoms with van der Waals surface area (Å²) in [5.41, 5.74) is 1.98. The molecule has 0 aromatic carbocycles. The lowest BCUT2D eigenvalue weighted by Gasteiger charge is -2.71. The van der Waals surface area contributed by atoms with Gasteiger partial charge in [-0.15, -0.1) is 0 Å². The first-order chi connectivity index (χ1) is 14.3. The Morgan fingerprint density at radius 1 is 0.839 bits per heavy atom. The van der Waals surface area contributed by atoms with E-state index in [2.05, 4.69) is 54.5 Å². The SMILES string of the molecule is C[C@H]1[C@H](C)CC[C@]2(O)CC[C@]3(C)C(=CC[C@@H]4[C@@]5(C)CC[C@H](O)C(C)(C)[C@@H]5CC[C@]43C)[C@@H]12. The van der Waals surface area contributed by atoms with Crippen molar-refractivity contribution in [2.24, 2.45) is 51.2 Å². The Bertz CT molecular complexity index is 784. The first-order valence-corrected chi connectivity index (χ1v) is 13.4. The average molecular weight is 429 g/mol. The van der Waals surface area contributed by atoms with Gasteiger partial charge in [0.2, 0.25) is 0 Å². The molecule has 0 unspecified atom stereocenters. The number of rotatable bonds is 0. The highest BCUT2D eigenvalue weighted by Crippen LogP contribution is 2.74. The Morgan fingerprint density at radius 2 is 1.55 bits per heavy atom. The lowest BCUT2D eigenvalue weighted by atomic mass is 9.34. The molecule has 0 aromatic heterocycles. The molecule has 0 aliphatic heterocycles. The van der Waals surface area contributed by atoms with Crippen LogP contribution in [0.2, 0.25) is 0 Å². The van der Waals surface area contributed by atoms with Crippen molar-refractivity contribution < 1.29 is 10.2 Å². The van der Waals surface area contributed by atoms with Crippen LogP contribution in [0.15, 0.2) is 11.6 Å². The van der Waals surface area contributed by atoms with Crippen molar-refractivity contribution in [2.45, 2.75) is 118 Å². The quantitative estimate of drug-likeness (QED) is 0.419. The largest absolute Gasteiger partial charge is 0.393 e. The number of hydrogen-bond donors (Lipinski definition) is 2.